The van der Waals surface area contributed by atoms with Gasteiger partial charge in [-0.05, 0) is 70.5 Å². The minimum Gasteiger partial charge on any atom is -0.303 e. The Morgan fingerprint density at radius 2 is 1.67 bits per heavy atom. The standard InChI is InChI=1S/C27H38F3N5O2S2/c1-39(36,37)34-16-9-24-22(20-34)26(31-35(24)15-6-14-32-10-3-2-4-11-32)21-7-8-23(27(28,29)30)25(19-21)38-18-17-33-12-5-13-33/h7-8,19H,2-6,9-18,20H2,1H3. The smallest absolute Gasteiger partial charge is 0.303 e. The number of benzene rings is 1. The van der Waals surface area contributed by atoms with Gasteiger partial charge in [-0.15, -0.1) is 11.8 Å². The minimum absolute atomic E-state index is 0.189. The second-order valence-corrected chi connectivity index (χ2v) is 14.0. The molecule has 0 aliphatic carbocycles. The highest BCUT2D eigenvalue weighted by molar-refractivity contribution is 7.99. The van der Waals surface area contributed by atoms with Crippen LogP contribution in [0.1, 0.15) is 48.9 Å². The molecule has 0 bridgehead atoms. The molecule has 12 heteroatoms. The van der Waals surface area contributed by atoms with Gasteiger partial charge in [0.15, 0.2) is 0 Å². The van der Waals surface area contributed by atoms with E-state index >= 15 is 0 Å². The Balaban J connectivity index is 1.43. The maximum atomic E-state index is 13.9. The van der Waals surface area contributed by atoms with Crippen LogP contribution >= 0.6 is 11.8 Å². The van der Waals surface area contributed by atoms with E-state index in [0.717, 1.165) is 69.4 Å². The summed E-state index contributed by atoms with van der Waals surface area (Å²) in [5.41, 5.74) is 2.37. The Bertz CT molecular complexity index is 1250. The van der Waals surface area contributed by atoms with Crippen molar-refractivity contribution in [3.8, 4) is 11.3 Å². The molecule has 2 aromatic rings. The Kier molecular flexibility index (Phi) is 8.97. The molecule has 1 aromatic heterocycles. The van der Waals surface area contributed by atoms with E-state index in [2.05, 4.69) is 9.80 Å². The van der Waals surface area contributed by atoms with Gasteiger partial charge in [0.25, 0.3) is 0 Å². The third-order valence-electron chi connectivity index (χ3n) is 8.04. The summed E-state index contributed by atoms with van der Waals surface area (Å²) in [5, 5.41) is 4.90. The molecule has 7 nitrogen and oxygen atoms in total. The number of aryl methyl sites for hydroxylation is 1. The second-order valence-electron chi connectivity index (χ2n) is 10.9. The number of piperidine rings is 1. The lowest BCUT2D eigenvalue weighted by Gasteiger charge is -2.30. The first-order valence-electron chi connectivity index (χ1n) is 13.9. The molecule has 0 radical (unpaired) electrons. The maximum Gasteiger partial charge on any atom is 0.417 e. The van der Waals surface area contributed by atoms with Gasteiger partial charge in [-0.1, -0.05) is 12.5 Å². The lowest BCUT2D eigenvalue weighted by atomic mass is 10.0. The molecule has 0 spiro atoms. The normalized spacial score (nSPS) is 19.7. The zero-order chi connectivity index (χ0) is 27.6. The highest BCUT2D eigenvalue weighted by Gasteiger charge is 2.35. The van der Waals surface area contributed by atoms with Crippen LogP contribution in [0.5, 0.6) is 0 Å². The molecule has 4 heterocycles. The monoisotopic (exact) mass is 585 g/mol. The van der Waals surface area contributed by atoms with Gasteiger partial charge >= 0.3 is 6.18 Å². The van der Waals surface area contributed by atoms with Gasteiger partial charge in [-0.2, -0.15) is 22.6 Å². The van der Waals surface area contributed by atoms with Crippen molar-refractivity contribution in [3.63, 3.8) is 0 Å². The number of halogens is 3. The van der Waals surface area contributed by atoms with Crippen LogP contribution in [0.25, 0.3) is 11.3 Å². The molecule has 1 aromatic carbocycles. The van der Waals surface area contributed by atoms with Crippen molar-refractivity contribution in [2.24, 2.45) is 0 Å². The molecule has 3 aliphatic rings. The van der Waals surface area contributed by atoms with E-state index < -0.39 is 21.8 Å². The molecule has 5 rings (SSSR count). The SMILES string of the molecule is CS(=O)(=O)N1CCc2c(c(-c3ccc(C(F)(F)F)c(SCCN4CCC4)c3)nn2CCCN2CCCCC2)C1. The minimum atomic E-state index is -4.45. The molecule has 39 heavy (non-hydrogen) atoms. The van der Waals surface area contributed by atoms with E-state index in [-0.39, 0.29) is 11.4 Å². The molecule has 0 unspecified atom stereocenters. The van der Waals surface area contributed by atoms with Crippen LogP contribution in [0.2, 0.25) is 0 Å². The Labute approximate surface area is 233 Å². The number of nitrogens with zero attached hydrogens (tertiary/aromatic N) is 5. The van der Waals surface area contributed by atoms with Gasteiger partial charge < -0.3 is 9.80 Å². The molecule has 216 valence electrons. The summed E-state index contributed by atoms with van der Waals surface area (Å²) < 4.78 is 69.8. The molecule has 0 N–H and O–H groups in total. The van der Waals surface area contributed by atoms with E-state index in [1.54, 1.807) is 6.07 Å². The largest absolute Gasteiger partial charge is 0.417 e. The zero-order valence-electron chi connectivity index (χ0n) is 22.5. The number of fused-ring (bicyclic) bond motifs is 1. The van der Waals surface area contributed by atoms with Gasteiger partial charge in [-0.3, -0.25) is 4.68 Å². The highest BCUT2D eigenvalue weighted by Crippen LogP contribution is 2.40. The second kappa shape index (κ2) is 12.1. The van der Waals surface area contributed by atoms with Gasteiger partial charge in [0.1, 0.15) is 0 Å². The molecule has 0 atom stereocenters. The van der Waals surface area contributed by atoms with Gasteiger partial charge in [0.05, 0.1) is 17.5 Å². The van der Waals surface area contributed by atoms with E-state index in [1.807, 2.05) is 4.68 Å². The van der Waals surface area contributed by atoms with E-state index in [1.165, 1.54) is 47.7 Å². The summed E-state index contributed by atoms with van der Waals surface area (Å²) in [7, 11) is -3.41. The Hall–Kier alpha value is -1.60. The molecule has 2 saturated heterocycles. The number of rotatable bonds is 10. The first-order chi connectivity index (χ1) is 18.6. The third-order valence-corrected chi connectivity index (χ3v) is 10.3. The molecule has 0 amide bonds. The predicted molar refractivity (Wildman–Crippen MR) is 148 cm³/mol. The van der Waals surface area contributed by atoms with Crippen LogP contribution in [-0.2, 0) is 35.7 Å². The molecule has 0 saturated carbocycles. The number of likely N-dealkylation sites (tertiary alicyclic amines) is 2. The fraction of sp³-hybridized carbons (Fsp3) is 0.667. The third kappa shape index (κ3) is 7.01. The van der Waals surface area contributed by atoms with E-state index in [4.69, 9.17) is 5.10 Å². The van der Waals surface area contributed by atoms with E-state index in [9.17, 15) is 21.6 Å². The van der Waals surface area contributed by atoms with Crippen molar-refractivity contribution in [2.45, 2.75) is 62.7 Å². The Morgan fingerprint density at radius 1 is 0.949 bits per heavy atom. The summed E-state index contributed by atoms with van der Waals surface area (Å²) in [6, 6.07) is 4.24. The van der Waals surface area contributed by atoms with Gasteiger partial charge in [0.2, 0.25) is 10.0 Å². The van der Waals surface area contributed by atoms with Crippen LogP contribution in [0, 0.1) is 0 Å². The molecule has 3 aliphatic heterocycles. The van der Waals surface area contributed by atoms with Crippen molar-refractivity contribution < 1.29 is 21.6 Å². The number of hydrogen-bond donors (Lipinski definition) is 0. The van der Waals surface area contributed by atoms with Crippen LogP contribution in [-0.4, -0.2) is 90.1 Å². The zero-order valence-corrected chi connectivity index (χ0v) is 24.2. The first kappa shape index (κ1) is 28.9. The summed E-state index contributed by atoms with van der Waals surface area (Å²) in [5.74, 6) is 0.581. The van der Waals surface area contributed by atoms with Gasteiger partial charge in [-0.25, -0.2) is 8.42 Å². The average molecular weight is 586 g/mol. The fourth-order valence-electron chi connectivity index (χ4n) is 5.71. The van der Waals surface area contributed by atoms with Crippen molar-refractivity contribution in [3.05, 3.63) is 35.0 Å². The lowest BCUT2D eigenvalue weighted by Crippen LogP contribution is -2.38. The maximum absolute atomic E-state index is 13.9. The van der Waals surface area contributed by atoms with E-state index in [0.29, 0.717) is 36.5 Å². The summed E-state index contributed by atoms with van der Waals surface area (Å²) in [4.78, 5) is 4.92. The van der Waals surface area contributed by atoms with Gasteiger partial charge in [0, 0.05) is 60.1 Å². The van der Waals surface area contributed by atoms with Crippen LogP contribution < -0.4 is 0 Å². The number of aromatic nitrogens is 2. The molecule has 2 fully saturated rings. The quantitative estimate of drug-likeness (QED) is 0.381. The number of thioether (sulfide) groups is 1. The molecular weight excluding hydrogens is 547 g/mol. The van der Waals surface area contributed by atoms with Crippen molar-refractivity contribution in [1.82, 2.24) is 23.9 Å². The fourth-order valence-corrected chi connectivity index (χ4v) is 7.61. The highest BCUT2D eigenvalue weighted by atomic mass is 32.2. The summed E-state index contributed by atoms with van der Waals surface area (Å²) in [6.07, 6.45) is 3.11. The lowest BCUT2D eigenvalue weighted by molar-refractivity contribution is -0.139. The summed E-state index contributed by atoms with van der Waals surface area (Å²) >= 11 is 1.23. The number of alkyl halides is 3. The average Bonchev–Trinajstić information content (AvgIpc) is 3.23. The Morgan fingerprint density at radius 3 is 2.33 bits per heavy atom. The summed E-state index contributed by atoms with van der Waals surface area (Å²) in [6.45, 7) is 7.27. The van der Waals surface area contributed by atoms with Crippen molar-refractivity contribution >= 4 is 21.8 Å². The van der Waals surface area contributed by atoms with Crippen LogP contribution in [0.15, 0.2) is 23.1 Å². The number of sulfonamides is 1. The topological polar surface area (TPSA) is 61.7 Å². The molecular formula is C27H38F3N5O2S2. The number of hydrogen-bond acceptors (Lipinski definition) is 6. The van der Waals surface area contributed by atoms with Crippen LogP contribution in [0.4, 0.5) is 13.2 Å². The first-order valence-corrected chi connectivity index (χ1v) is 16.8. The van der Waals surface area contributed by atoms with Crippen molar-refractivity contribution in [2.75, 3.05) is 57.8 Å². The van der Waals surface area contributed by atoms with Crippen LogP contribution in [0.3, 0.4) is 0 Å². The predicted octanol–water partition coefficient (Wildman–Crippen LogP) is 4.56. The van der Waals surface area contributed by atoms with Crippen molar-refractivity contribution in [1.29, 1.82) is 0 Å².